The number of likely N-dealkylation sites (tertiary alicyclic amines) is 1. The average molecular weight is 591 g/mol. The predicted octanol–water partition coefficient (Wildman–Crippen LogP) is 4.66. The van der Waals surface area contributed by atoms with Crippen molar-refractivity contribution in [2.45, 2.75) is 49.0 Å². The Hall–Kier alpha value is -3.37. The lowest BCUT2D eigenvalue weighted by Gasteiger charge is -2.43. The van der Waals surface area contributed by atoms with E-state index in [1.54, 1.807) is 11.8 Å². The van der Waals surface area contributed by atoms with E-state index in [1.165, 1.54) is 21.8 Å². The van der Waals surface area contributed by atoms with E-state index >= 15 is 0 Å². The van der Waals surface area contributed by atoms with Gasteiger partial charge in [0.05, 0.1) is 16.9 Å². The van der Waals surface area contributed by atoms with Crippen LogP contribution < -0.4 is 9.61 Å². The Morgan fingerprint density at radius 1 is 1.07 bits per heavy atom. The number of thiazole rings is 1. The standard InChI is InChI=1S/C31H30N2O6S2/c1-15-4-2-5-16(12-15)14-39-18-9-7-17(8-10-18)22-23-19-13-20(26(23)40-28-27(22)41-31(38)32-28)25-24(19)29(36)33(30(25)37)11-3-6-21(34)35/h2,4-5,7-10,12,19-20,22-26H,3,6,11,13-14H2,1H3,(H,32,38)(H,34,35)/t19?,20?,22-,23?,24?,25?,26?/m1/s1. The molecule has 0 spiro atoms. The van der Waals surface area contributed by atoms with Crippen LogP contribution >= 0.6 is 23.1 Å². The van der Waals surface area contributed by atoms with E-state index in [4.69, 9.17) is 9.84 Å². The van der Waals surface area contributed by atoms with Gasteiger partial charge in [0.1, 0.15) is 12.4 Å². The maximum Gasteiger partial charge on any atom is 0.305 e. The summed E-state index contributed by atoms with van der Waals surface area (Å²) in [4.78, 5) is 55.8. The summed E-state index contributed by atoms with van der Waals surface area (Å²) < 4.78 is 6.06. The minimum Gasteiger partial charge on any atom is -0.489 e. The molecule has 2 aliphatic heterocycles. The predicted molar refractivity (Wildman–Crippen MR) is 154 cm³/mol. The van der Waals surface area contributed by atoms with Crippen molar-refractivity contribution in [2.75, 3.05) is 6.54 Å². The van der Waals surface area contributed by atoms with Crippen LogP contribution in [0, 0.1) is 36.5 Å². The average Bonchev–Trinajstić information content (AvgIpc) is 3.68. The molecular weight excluding hydrogens is 560 g/mol. The van der Waals surface area contributed by atoms with Gasteiger partial charge in [0.15, 0.2) is 0 Å². The number of thioether (sulfide) groups is 1. The summed E-state index contributed by atoms with van der Waals surface area (Å²) >= 11 is 2.91. The number of carboxylic acids is 1. The number of ether oxygens (including phenoxy) is 1. The van der Waals surface area contributed by atoms with Crippen molar-refractivity contribution in [3.63, 3.8) is 0 Å². The summed E-state index contributed by atoms with van der Waals surface area (Å²) in [5.74, 6) is -1.01. The number of aromatic nitrogens is 1. The molecule has 4 aliphatic rings. The Labute approximate surface area is 245 Å². The molecule has 2 aliphatic carbocycles. The summed E-state index contributed by atoms with van der Waals surface area (Å²) in [5, 5.41) is 10.0. The molecule has 6 unspecified atom stereocenters. The van der Waals surface area contributed by atoms with Crippen LogP contribution in [0.3, 0.4) is 0 Å². The number of aromatic amines is 1. The number of amides is 2. The van der Waals surface area contributed by atoms with Gasteiger partial charge in [0.2, 0.25) is 11.8 Å². The second kappa shape index (κ2) is 10.2. The first kappa shape index (κ1) is 26.5. The van der Waals surface area contributed by atoms with Crippen molar-refractivity contribution in [2.24, 2.45) is 29.6 Å². The number of hydrogen-bond acceptors (Lipinski definition) is 7. The maximum atomic E-state index is 13.6. The van der Waals surface area contributed by atoms with Gasteiger partial charge in [-0.2, -0.15) is 0 Å². The molecule has 2 aromatic carbocycles. The monoisotopic (exact) mass is 590 g/mol. The lowest BCUT2D eigenvalue weighted by molar-refractivity contribution is -0.142. The highest BCUT2D eigenvalue weighted by Gasteiger charge is 2.69. The first-order valence-corrected chi connectivity index (χ1v) is 15.7. The topological polar surface area (TPSA) is 117 Å². The highest BCUT2D eigenvalue weighted by atomic mass is 32.2. The molecule has 8 nitrogen and oxygen atoms in total. The molecule has 2 saturated carbocycles. The van der Waals surface area contributed by atoms with Crippen LogP contribution in [-0.4, -0.2) is 44.6 Å². The molecule has 2 N–H and O–H groups in total. The molecule has 3 heterocycles. The second-order valence-electron chi connectivity index (χ2n) is 11.6. The highest BCUT2D eigenvalue weighted by Crippen LogP contribution is 2.68. The van der Waals surface area contributed by atoms with Gasteiger partial charge in [0, 0.05) is 29.0 Å². The largest absolute Gasteiger partial charge is 0.489 e. The molecular formula is C31H30N2O6S2. The molecule has 10 heteroatoms. The van der Waals surface area contributed by atoms with Crippen LogP contribution in [0.25, 0.3) is 0 Å². The van der Waals surface area contributed by atoms with Gasteiger partial charge in [-0.15, -0.1) is 11.8 Å². The van der Waals surface area contributed by atoms with E-state index in [1.807, 2.05) is 24.3 Å². The van der Waals surface area contributed by atoms with E-state index in [0.29, 0.717) is 6.61 Å². The number of benzene rings is 2. The third kappa shape index (κ3) is 4.43. The number of H-pyrrole nitrogens is 1. The van der Waals surface area contributed by atoms with Crippen molar-refractivity contribution in [1.82, 2.24) is 9.88 Å². The van der Waals surface area contributed by atoms with Crippen LogP contribution in [-0.2, 0) is 21.0 Å². The molecule has 3 aromatic rings. The fourth-order valence-electron chi connectivity index (χ4n) is 7.80. The number of aryl methyl sites for hydroxylation is 1. The first-order chi connectivity index (χ1) is 19.8. The van der Waals surface area contributed by atoms with Crippen molar-refractivity contribution < 1.29 is 24.2 Å². The van der Waals surface area contributed by atoms with Gasteiger partial charge in [0.25, 0.3) is 0 Å². The number of carbonyl (C=O) groups excluding carboxylic acids is 2. The maximum absolute atomic E-state index is 13.6. The lowest BCUT2D eigenvalue weighted by Crippen LogP contribution is -2.42. The number of aliphatic carboxylic acids is 1. The zero-order valence-electron chi connectivity index (χ0n) is 22.4. The van der Waals surface area contributed by atoms with Gasteiger partial charge in [-0.1, -0.05) is 53.3 Å². The van der Waals surface area contributed by atoms with Crippen molar-refractivity contribution >= 4 is 40.9 Å². The zero-order chi connectivity index (χ0) is 28.4. The number of nitrogens with zero attached hydrogens (tertiary/aromatic N) is 1. The van der Waals surface area contributed by atoms with Crippen LogP contribution in [0.15, 0.2) is 58.4 Å². The van der Waals surface area contributed by atoms with Gasteiger partial charge < -0.3 is 14.8 Å². The Bertz CT molecular complexity index is 1600. The number of carbonyl (C=O) groups is 3. The first-order valence-electron chi connectivity index (χ1n) is 14.0. The lowest BCUT2D eigenvalue weighted by atomic mass is 9.68. The SMILES string of the molecule is Cc1cccc(COc2ccc([C@H]3c4sc(=O)[nH]c4SC4C5CC(C6C(=O)N(CCCC(=O)O)C(=O)C56)C43)cc2)c1. The molecule has 212 valence electrons. The number of nitrogens with one attached hydrogen (secondary N) is 1. The van der Waals surface area contributed by atoms with Crippen molar-refractivity contribution in [3.05, 3.63) is 79.8 Å². The van der Waals surface area contributed by atoms with Crippen LogP contribution in [0.4, 0.5) is 0 Å². The summed E-state index contributed by atoms with van der Waals surface area (Å²) in [6.45, 7) is 2.69. The number of rotatable bonds is 8. The quantitative estimate of drug-likeness (QED) is 0.367. The third-order valence-electron chi connectivity index (χ3n) is 9.31. The summed E-state index contributed by atoms with van der Waals surface area (Å²) in [6.07, 6.45) is 1.02. The van der Waals surface area contributed by atoms with E-state index in [9.17, 15) is 19.2 Å². The van der Waals surface area contributed by atoms with Crippen molar-refractivity contribution in [1.29, 1.82) is 0 Å². The number of hydrogen-bond donors (Lipinski definition) is 2. The van der Waals surface area contributed by atoms with Crippen LogP contribution in [0.1, 0.15) is 46.7 Å². The zero-order valence-corrected chi connectivity index (χ0v) is 24.1. The van der Waals surface area contributed by atoms with E-state index < -0.39 is 5.97 Å². The Morgan fingerprint density at radius 2 is 1.83 bits per heavy atom. The summed E-state index contributed by atoms with van der Waals surface area (Å²) in [5.41, 5.74) is 3.37. The molecule has 41 heavy (non-hydrogen) atoms. The number of fused-ring (bicyclic) bond motifs is 9. The highest BCUT2D eigenvalue weighted by molar-refractivity contribution is 8.00. The van der Waals surface area contributed by atoms with Gasteiger partial charge in [-0.05, 0) is 60.8 Å². The number of carboxylic acid groups (broad SMARTS) is 1. The molecule has 2 amide bonds. The molecule has 2 bridgehead atoms. The van der Waals surface area contributed by atoms with E-state index in [0.717, 1.165) is 33.2 Å². The Morgan fingerprint density at radius 3 is 2.56 bits per heavy atom. The third-order valence-corrected chi connectivity index (χ3v) is 11.9. The van der Waals surface area contributed by atoms with Gasteiger partial charge in [-0.3, -0.25) is 24.1 Å². The van der Waals surface area contributed by atoms with Crippen LogP contribution in [0.2, 0.25) is 0 Å². The van der Waals surface area contributed by atoms with E-state index in [2.05, 4.69) is 36.2 Å². The molecule has 7 atom stereocenters. The van der Waals surface area contributed by atoms with Crippen LogP contribution in [0.5, 0.6) is 5.75 Å². The summed E-state index contributed by atoms with van der Waals surface area (Å²) in [6, 6.07) is 16.3. The summed E-state index contributed by atoms with van der Waals surface area (Å²) in [7, 11) is 0. The second-order valence-corrected chi connectivity index (χ2v) is 13.8. The molecule has 7 rings (SSSR count). The number of imide groups is 1. The molecule has 1 aromatic heterocycles. The van der Waals surface area contributed by atoms with Gasteiger partial charge >= 0.3 is 10.8 Å². The fourth-order valence-corrected chi connectivity index (χ4v) is 10.7. The van der Waals surface area contributed by atoms with Crippen molar-refractivity contribution in [3.8, 4) is 5.75 Å². The molecule has 1 saturated heterocycles. The van der Waals surface area contributed by atoms with Gasteiger partial charge in [-0.25, -0.2) is 0 Å². The normalized spacial score (nSPS) is 29.4. The van der Waals surface area contributed by atoms with E-state index in [-0.39, 0.29) is 76.8 Å². The Kier molecular flexibility index (Phi) is 6.58. The molecule has 3 fully saturated rings. The minimum absolute atomic E-state index is 0.0380. The Balaban J connectivity index is 1.16. The minimum atomic E-state index is -0.929. The fraction of sp³-hybridized carbons (Fsp3) is 0.419. The smallest absolute Gasteiger partial charge is 0.305 e. The molecule has 0 radical (unpaired) electrons.